The van der Waals surface area contributed by atoms with Gasteiger partial charge in [0.2, 0.25) is 0 Å². The standard InChI is InChI=1S/C17H22N4O2S/c1-10-6-18-14(11(2)15(10)23-3)8-20-17(22)19-7-13-9-24-16(21-13)12-4-5-12/h6,9,12H,4-5,7-8H2,1-3H3,(H2,19,20,22). The van der Waals surface area contributed by atoms with Crippen molar-refractivity contribution in [2.45, 2.75) is 45.7 Å². The molecule has 0 bridgehead atoms. The Morgan fingerprint density at radius 2 is 2.08 bits per heavy atom. The lowest BCUT2D eigenvalue weighted by atomic mass is 10.1. The third-order valence-corrected chi connectivity index (χ3v) is 5.15. The lowest BCUT2D eigenvalue weighted by Gasteiger charge is -2.13. The molecule has 0 radical (unpaired) electrons. The van der Waals surface area contributed by atoms with E-state index in [-0.39, 0.29) is 6.03 Å². The van der Waals surface area contributed by atoms with Crippen molar-refractivity contribution < 1.29 is 9.53 Å². The smallest absolute Gasteiger partial charge is 0.315 e. The number of rotatable bonds is 6. The van der Waals surface area contributed by atoms with Gasteiger partial charge in [-0.2, -0.15) is 0 Å². The minimum Gasteiger partial charge on any atom is -0.496 e. The zero-order valence-electron chi connectivity index (χ0n) is 14.2. The van der Waals surface area contributed by atoms with Crippen molar-refractivity contribution in [1.29, 1.82) is 0 Å². The number of urea groups is 1. The molecule has 0 aromatic carbocycles. The highest BCUT2D eigenvalue weighted by Crippen LogP contribution is 2.41. The molecule has 1 saturated carbocycles. The molecular weight excluding hydrogens is 324 g/mol. The Hall–Kier alpha value is -2.15. The maximum Gasteiger partial charge on any atom is 0.315 e. The molecule has 2 heterocycles. The predicted molar refractivity (Wildman–Crippen MR) is 93.4 cm³/mol. The van der Waals surface area contributed by atoms with Gasteiger partial charge in [-0.3, -0.25) is 4.98 Å². The zero-order valence-corrected chi connectivity index (χ0v) is 15.0. The summed E-state index contributed by atoms with van der Waals surface area (Å²) in [5.74, 6) is 1.47. The second-order valence-corrected chi connectivity index (χ2v) is 6.92. The van der Waals surface area contributed by atoms with Crippen LogP contribution in [0.1, 0.15) is 46.3 Å². The van der Waals surface area contributed by atoms with Crippen LogP contribution >= 0.6 is 11.3 Å². The van der Waals surface area contributed by atoms with Gasteiger partial charge >= 0.3 is 6.03 Å². The summed E-state index contributed by atoms with van der Waals surface area (Å²) < 4.78 is 5.38. The van der Waals surface area contributed by atoms with E-state index < -0.39 is 0 Å². The van der Waals surface area contributed by atoms with Gasteiger partial charge in [-0.15, -0.1) is 11.3 Å². The van der Waals surface area contributed by atoms with Crippen LogP contribution in [0.15, 0.2) is 11.6 Å². The van der Waals surface area contributed by atoms with Gasteiger partial charge in [0.1, 0.15) is 5.75 Å². The SMILES string of the molecule is COc1c(C)cnc(CNC(=O)NCc2csc(C3CC3)n2)c1C. The molecule has 0 saturated heterocycles. The lowest BCUT2D eigenvalue weighted by molar-refractivity contribution is 0.240. The predicted octanol–water partition coefficient (Wildman–Crippen LogP) is 3.04. The molecule has 3 rings (SSSR count). The summed E-state index contributed by atoms with van der Waals surface area (Å²) in [7, 11) is 1.64. The molecule has 7 heteroatoms. The molecule has 0 spiro atoms. The molecule has 0 atom stereocenters. The van der Waals surface area contributed by atoms with Crippen LogP contribution in [0.4, 0.5) is 4.79 Å². The van der Waals surface area contributed by atoms with Crippen LogP contribution in [-0.2, 0) is 13.1 Å². The van der Waals surface area contributed by atoms with E-state index in [1.807, 2.05) is 19.2 Å². The fourth-order valence-corrected chi connectivity index (χ4v) is 3.56. The van der Waals surface area contributed by atoms with Gasteiger partial charge in [-0.25, -0.2) is 9.78 Å². The molecule has 6 nitrogen and oxygen atoms in total. The minimum absolute atomic E-state index is 0.225. The average Bonchev–Trinajstić information content (AvgIpc) is 3.31. The molecular formula is C17H22N4O2S. The number of carbonyl (C=O) groups excluding carboxylic acids is 1. The topological polar surface area (TPSA) is 76.1 Å². The first-order chi connectivity index (χ1) is 11.6. The van der Waals surface area contributed by atoms with E-state index in [0.29, 0.717) is 19.0 Å². The number of thiazole rings is 1. The molecule has 1 fully saturated rings. The van der Waals surface area contributed by atoms with E-state index in [4.69, 9.17) is 4.74 Å². The number of hydrogen-bond donors (Lipinski definition) is 2. The van der Waals surface area contributed by atoms with Crippen LogP contribution < -0.4 is 15.4 Å². The highest BCUT2D eigenvalue weighted by molar-refractivity contribution is 7.09. The summed E-state index contributed by atoms with van der Waals surface area (Å²) in [6, 6.07) is -0.225. The van der Waals surface area contributed by atoms with Crippen molar-refractivity contribution >= 4 is 17.4 Å². The summed E-state index contributed by atoms with van der Waals surface area (Å²) in [6.07, 6.45) is 4.25. The van der Waals surface area contributed by atoms with E-state index in [1.54, 1.807) is 24.6 Å². The van der Waals surface area contributed by atoms with Crippen molar-refractivity contribution in [1.82, 2.24) is 20.6 Å². The van der Waals surface area contributed by atoms with Crippen LogP contribution in [0.3, 0.4) is 0 Å². The van der Waals surface area contributed by atoms with Gasteiger partial charge in [0.05, 0.1) is 36.6 Å². The van der Waals surface area contributed by atoms with Crippen LogP contribution in [-0.4, -0.2) is 23.1 Å². The highest BCUT2D eigenvalue weighted by atomic mass is 32.1. The number of carbonyl (C=O) groups is 1. The van der Waals surface area contributed by atoms with Gasteiger partial charge in [-0.05, 0) is 26.7 Å². The molecule has 0 unspecified atom stereocenters. The van der Waals surface area contributed by atoms with Crippen LogP contribution in [0, 0.1) is 13.8 Å². The molecule has 2 N–H and O–H groups in total. The quantitative estimate of drug-likeness (QED) is 0.843. The third kappa shape index (κ3) is 3.84. The number of nitrogens with zero attached hydrogens (tertiary/aromatic N) is 2. The number of nitrogens with one attached hydrogen (secondary N) is 2. The summed E-state index contributed by atoms with van der Waals surface area (Å²) in [6.45, 7) is 4.70. The fourth-order valence-electron chi connectivity index (χ4n) is 2.57. The summed E-state index contributed by atoms with van der Waals surface area (Å²) in [5, 5.41) is 8.88. The number of methoxy groups -OCH3 is 1. The number of pyridine rings is 1. The summed E-state index contributed by atoms with van der Waals surface area (Å²) >= 11 is 1.68. The highest BCUT2D eigenvalue weighted by Gasteiger charge is 2.26. The first-order valence-electron chi connectivity index (χ1n) is 8.03. The second-order valence-electron chi connectivity index (χ2n) is 6.03. The molecule has 2 aromatic heterocycles. The van der Waals surface area contributed by atoms with Crippen molar-refractivity contribution in [2.75, 3.05) is 7.11 Å². The molecule has 1 aliphatic carbocycles. The first kappa shape index (κ1) is 16.7. The van der Waals surface area contributed by atoms with E-state index >= 15 is 0 Å². The zero-order chi connectivity index (χ0) is 17.1. The Labute approximate surface area is 145 Å². The monoisotopic (exact) mass is 346 g/mol. The number of ether oxygens (including phenoxy) is 1. The number of amides is 2. The fraction of sp³-hybridized carbons (Fsp3) is 0.471. The largest absolute Gasteiger partial charge is 0.496 e. The molecule has 1 aliphatic rings. The maximum absolute atomic E-state index is 12.0. The van der Waals surface area contributed by atoms with E-state index in [1.165, 1.54) is 17.8 Å². The van der Waals surface area contributed by atoms with Crippen molar-refractivity contribution in [3.63, 3.8) is 0 Å². The molecule has 128 valence electrons. The second kappa shape index (κ2) is 7.17. The van der Waals surface area contributed by atoms with Crippen molar-refractivity contribution in [3.8, 4) is 5.75 Å². The lowest BCUT2D eigenvalue weighted by Crippen LogP contribution is -2.35. The van der Waals surface area contributed by atoms with Gasteiger partial charge < -0.3 is 15.4 Å². The van der Waals surface area contributed by atoms with Crippen LogP contribution in [0.2, 0.25) is 0 Å². The summed E-state index contributed by atoms with van der Waals surface area (Å²) in [4.78, 5) is 20.9. The van der Waals surface area contributed by atoms with E-state index in [0.717, 1.165) is 28.3 Å². The number of hydrogen-bond acceptors (Lipinski definition) is 5. The maximum atomic E-state index is 12.0. The molecule has 24 heavy (non-hydrogen) atoms. The molecule has 0 aliphatic heterocycles. The van der Waals surface area contributed by atoms with E-state index in [2.05, 4.69) is 20.6 Å². The minimum atomic E-state index is -0.225. The van der Waals surface area contributed by atoms with Gasteiger partial charge in [0.15, 0.2) is 0 Å². The van der Waals surface area contributed by atoms with Crippen LogP contribution in [0.5, 0.6) is 5.75 Å². The molecule has 2 amide bonds. The normalized spacial score (nSPS) is 13.6. The van der Waals surface area contributed by atoms with Gasteiger partial charge in [-0.1, -0.05) is 0 Å². The Bertz CT molecular complexity index is 740. The van der Waals surface area contributed by atoms with Gasteiger partial charge in [0.25, 0.3) is 0 Å². The summed E-state index contributed by atoms with van der Waals surface area (Å²) in [5.41, 5.74) is 3.66. The Kier molecular flexibility index (Phi) is 4.99. The Morgan fingerprint density at radius 3 is 2.79 bits per heavy atom. The van der Waals surface area contributed by atoms with Crippen molar-refractivity contribution in [2.24, 2.45) is 0 Å². The van der Waals surface area contributed by atoms with Gasteiger partial charge in [0, 0.05) is 28.6 Å². The average molecular weight is 346 g/mol. The third-order valence-electron chi connectivity index (χ3n) is 4.09. The number of aromatic nitrogens is 2. The van der Waals surface area contributed by atoms with E-state index in [9.17, 15) is 4.79 Å². The Balaban J connectivity index is 1.50. The Morgan fingerprint density at radius 1 is 1.33 bits per heavy atom. The van der Waals surface area contributed by atoms with Crippen molar-refractivity contribution in [3.05, 3.63) is 39.1 Å². The number of aryl methyl sites for hydroxylation is 1. The molecule has 2 aromatic rings. The first-order valence-corrected chi connectivity index (χ1v) is 8.91. The van der Waals surface area contributed by atoms with Crippen LogP contribution in [0.25, 0.3) is 0 Å².